The summed E-state index contributed by atoms with van der Waals surface area (Å²) in [4.78, 5) is 46.1. The molecule has 14 heteroatoms. The number of fused-ring (bicyclic) bond motifs is 6. The molecule has 3 amide bonds. The average molecular weight is 638 g/mol. The summed E-state index contributed by atoms with van der Waals surface area (Å²) >= 11 is 6.24. The second kappa shape index (κ2) is 13.4. The van der Waals surface area contributed by atoms with E-state index in [0.717, 1.165) is 11.1 Å². The number of aromatic amines is 1. The zero-order valence-electron chi connectivity index (χ0n) is 24.5. The van der Waals surface area contributed by atoms with Crippen LogP contribution in [0.15, 0.2) is 79.3 Å². The molecule has 4 bridgehead atoms. The summed E-state index contributed by atoms with van der Waals surface area (Å²) in [5, 5.41) is 20.5. The molecule has 0 unspecified atom stereocenters. The number of aryl methyl sites for hydroxylation is 1. The van der Waals surface area contributed by atoms with Gasteiger partial charge in [-0.1, -0.05) is 35.9 Å². The van der Waals surface area contributed by atoms with Gasteiger partial charge in [-0.3, -0.25) is 14.9 Å². The summed E-state index contributed by atoms with van der Waals surface area (Å²) < 4.78 is 6.19. The topological polar surface area (TPSA) is 169 Å². The summed E-state index contributed by atoms with van der Waals surface area (Å²) in [7, 11) is 1.27. The molecule has 6 rings (SSSR count). The van der Waals surface area contributed by atoms with E-state index in [-0.39, 0.29) is 18.2 Å². The maximum absolute atomic E-state index is 13.4. The fourth-order valence-electron chi connectivity index (χ4n) is 5.14. The third kappa shape index (κ3) is 7.11. The molecule has 4 N–H and O–H groups in total. The Hall–Kier alpha value is -5.82. The lowest BCUT2D eigenvalue weighted by Gasteiger charge is -2.18. The SMILES string of the molecule is COC(=O)Nc1ccc2c(c1)NC(=O)CCc1cccc(c1)C[C@H](NC(=O)C=Cc1cc(Cl)ccc1-n1cnnn1)c1ncc-2[nH]1. The molecule has 2 aromatic heterocycles. The van der Waals surface area contributed by atoms with Crippen molar-refractivity contribution < 1.29 is 19.1 Å². The quantitative estimate of drug-likeness (QED) is 0.198. The van der Waals surface area contributed by atoms with Crippen LogP contribution in [0.2, 0.25) is 5.02 Å². The molecule has 1 aliphatic heterocycles. The van der Waals surface area contributed by atoms with Gasteiger partial charge in [0.2, 0.25) is 11.8 Å². The number of ether oxygens (including phenoxy) is 1. The molecular formula is C32H28ClN9O4. The van der Waals surface area contributed by atoms with Crippen LogP contribution in [0.25, 0.3) is 23.0 Å². The van der Waals surface area contributed by atoms with E-state index in [1.807, 2.05) is 24.3 Å². The number of nitrogens with zero attached hydrogens (tertiary/aromatic N) is 5. The predicted molar refractivity (Wildman–Crippen MR) is 171 cm³/mol. The Morgan fingerprint density at radius 1 is 1.09 bits per heavy atom. The highest BCUT2D eigenvalue weighted by Gasteiger charge is 2.21. The zero-order chi connectivity index (χ0) is 32.0. The summed E-state index contributed by atoms with van der Waals surface area (Å²) in [6.07, 6.45) is 6.73. The van der Waals surface area contributed by atoms with Crippen molar-refractivity contribution in [2.24, 2.45) is 0 Å². The number of tetrazole rings is 1. The molecule has 0 spiro atoms. The number of aromatic nitrogens is 6. The first kappa shape index (κ1) is 30.2. The second-order valence-electron chi connectivity index (χ2n) is 10.5. The van der Waals surface area contributed by atoms with Gasteiger partial charge in [-0.15, -0.1) is 5.10 Å². The van der Waals surface area contributed by atoms with Crippen molar-refractivity contribution in [1.82, 2.24) is 35.5 Å². The largest absolute Gasteiger partial charge is 0.453 e. The summed E-state index contributed by atoms with van der Waals surface area (Å²) in [6, 6.07) is 17.7. The van der Waals surface area contributed by atoms with Gasteiger partial charge in [0, 0.05) is 34.3 Å². The maximum Gasteiger partial charge on any atom is 0.411 e. The standard InChI is InChI=1S/C32H28ClN9O4/c1-46-32(45)36-23-8-9-24-25(16-23)37-29(43)11-5-19-3-2-4-20(13-19)14-26(31-34-17-27(24)39-31)38-30(44)12-6-21-15-22(33)7-10-28(21)42-18-35-40-41-42/h2-4,6-10,12-13,15-18,26H,5,11,14H2,1H3,(H,34,39)(H,36,45)(H,37,43)(H,38,44)/t26-/m0/s1. The molecule has 13 nitrogen and oxygen atoms in total. The number of halogens is 1. The van der Waals surface area contributed by atoms with Crippen molar-refractivity contribution in [3.8, 4) is 16.9 Å². The number of carbonyl (C=O) groups excluding carboxylic acids is 3. The highest BCUT2D eigenvalue weighted by molar-refractivity contribution is 6.30. The highest BCUT2D eigenvalue weighted by atomic mass is 35.5. The maximum atomic E-state index is 13.4. The number of H-pyrrole nitrogens is 1. The van der Waals surface area contributed by atoms with E-state index in [1.165, 1.54) is 24.2 Å². The number of benzene rings is 3. The number of hydrogen-bond acceptors (Lipinski definition) is 8. The first-order chi connectivity index (χ1) is 22.3. The van der Waals surface area contributed by atoms with Gasteiger partial charge in [0.15, 0.2) is 0 Å². The van der Waals surface area contributed by atoms with Gasteiger partial charge in [0.05, 0.1) is 36.4 Å². The Bertz CT molecular complexity index is 1940. The highest BCUT2D eigenvalue weighted by Crippen LogP contribution is 2.32. The number of hydrogen-bond donors (Lipinski definition) is 4. The molecule has 0 saturated carbocycles. The minimum atomic E-state index is -0.634. The van der Waals surface area contributed by atoms with Crippen LogP contribution >= 0.6 is 11.6 Å². The lowest BCUT2D eigenvalue weighted by atomic mass is 10.0. The van der Waals surface area contributed by atoms with Crippen LogP contribution in [0.4, 0.5) is 16.2 Å². The molecule has 3 heterocycles. The zero-order valence-corrected chi connectivity index (χ0v) is 25.3. The Kier molecular flexibility index (Phi) is 8.83. The molecule has 1 aliphatic rings. The summed E-state index contributed by atoms with van der Waals surface area (Å²) in [5.74, 6) is -0.0158. The van der Waals surface area contributed by atoms with E-state index in [1.54, 1.807) is 48.7 Å². The van der Waals surface area contributed by atoms with Gasteiger partial charge < -0.3 is 20.4 Å². The fraction of sp³-hybridized carbons (Fsp3) is 0.156. The number of rotatable bonds is 5. The van der Waals surface area contributed by atoms with E-state index in [0.29, 0.717) is 57.6 Å². The predicted octanol–water partition coefficient (Wildman–Crippen LogP) is 4.88. The van der Waals surface area contributed by atoms with Crippen LogP contribution < -0.4 is 16.0 Å². The normalized spacial score (nSPS) is 14.6. The lowest BCUT2D eigenvalue weighted by molar-refractivity contribution is -0.117. The van der Waals surface area contributed by atoms with Crippen LogP contribution in [0.5, 0.6) is 0 Å². The molecule has 5 aromatic rings. The fourth-order valence-corrected chi connectivity index (χ4v) is 5.32. The van der Waals surface area contributed by atoms with Gasteiger partial charge in [0.1, 0.15) is 12.2 Å². The summed E-state index contributed by atoms with van der Waals surface area (Å²) in [6.45, 7) is 0. The number of anilines is 2. The van der Waals surface area contributed by atoms with Crippen LogP contribution in [0, 0.1) is 0 Å². The van der Waals surface area contributed by atoms with Crippen molar-refractivity contribution >= 4 is 47.0 Å². The number of amides is 3. The van der Waals surface area contributed by atoms with E-state index < -0.39 is 12.1 Å². The second-order valence-corrected chi connectivity index (χ2v) is 10.9. The minimum Gasteiger partial charge on any atom is -0.453 e. The number of methoxy groups -OCH3 is 1. The Labute approximate surface area is 268 Å². The molecule has 0 aliphatic carbocycles. The van der Waals surface area contributed by atoms with Crippen molar-refractivity contribution in [2.75, 3.05) is 17.7 Å². The van der Waals surface area contributed by atoms with Crippen molar-refractivity contribution in [1.29, 1.82) is 0 Å². The van der Waals surface area contributed by atoms with E-state index in [2.05, 4.69) is 41.4 Å². The van der Waals surface area contributed by atoms with Gasteiger partial charge >= 0.3 is 6.09 Å². The van der Waals surface area contributed by atoms with Gasteiger partial charge in [-0.05, 0) is 76.9 Å². The first-order valence-corrected chi connectivity index (χ1v) is 14.7. The van der Waals surface area contributed by atoms with Crippen LogP contribution in [-0.4, -0.2) is 55.2 Å². The van der Waals surface area contributed by atoms with Crippen LogP contribution in [-0.2, 0) is 27.2 Å². The van der Waals surface area contributed by atoms with Crippen molar-refractivity contribution in [3.05, 3.63) is 107 Å². The average Bonchev–Trinajstić information content (AvgIpc) is 3.76. The molecule has 3 aromatic carbocycles. The van der Waals surface area contributed by atoms with Crippen molar-refractivity contribution in [3.63, 3.8) is 0 Å². The Morgan fingerprint density at radius 2 is 1.96 bits per heavy atom. The molecule has 46 heavy (non-hydrogen) atoms. The number of carbonyl (C=O) groups is 3. The van der Waals surface area contributed by atoms with Crippen molar-refractivity contribution in [2.45, 2.75) is 25.3 Å². The summed E-state index contributed by atoms with van der Waals surface area (Å²) in [5.41, 5.74) is 5.43. The smallest absolute Gasteiger partial charge is 0.411 e. The third-order valence-corrected chi connectivity index (χ3v) is 7.56. The number of imidazole rings is 1. The lowest BCUT2D eigenvalue weighted by Crippen LogP contribution is -2.29. The monoisotopic (exact) mass is 637 g/mol. The van der Waals surface area contributed by atoms with Gasteiger partial charge in [-0.2, -0.15) is 4.68 Å². The molecule has 0 radical (unpaired) electrons. The molecule has 232 valence electrons. The molecule has 0 fully saturated rings. The number of nitrogens with one attached hydrogen (secondary N) is 4. The van der Waals surface area contributed by atoms with E-state index >= 15 is 0 Å². The van der Waals surface area contributed by atoms with Gasteiger partial charge in [-0.25, -0.2) is 9.78 Å². The van der Waals surface area contributed by atoms with E-state index in [9.17, 15) is 14.4 Å². The Morgan fingerprint density at radius 3 is 2.78 bits per heavy atom. The molecule has 1 atom stereocenters. The van der Waals surface area contributed by atoms with E-state index in [4.69, 9.17) is 16.3 Å². The minimum absolute atomic E-state index is 0.182. The molecule has 0 saturated heterocycles. The molecular weight excluding hydrogens is 610 g/mol. The third-order valence-electron chi connectivity index (χ3n) is 7.33. The Balaban J connectivity index is 1.33. The first-order valence-electron chi connectivity index (χ1n) is 14.3. The van der Waals surface area contributed by atoms with Crippen LogP contribution in [0.1, 0.15) is 35.0 Å². The van der Waals surface area contributed by atoms with Gasteiger partial charge in [0.25, 0.3) is 0 Å². The van der Waals surface area contributed by atoms with Crippen LogP contribution in [0.3, 0.4) is 0 Å².